The lowest BCUT2D eigenvalue weighted by atomic mass is 9.88. The first-order valence-electron chi connectivity index (χ1n) is 15.4. The minimum Gasteiger partial charge on any atom is -0.508 e. The number of nitrogens with zero attached hydrogens (tertiary/aromatic N) is 3. The lowest BCUT2D eigenvalue weighted by Gasteiger charge is -2.39. The summed E-state index contributed by atoms with van der Waals surface area (Å²) in [7, 11) is 0. The van der Waals surface area contributed by atoms with Crippen LogP contribution in [-0.4, -0.2) is 88.4 Å². The van der Waals surface area contributed by atoms with Gasteiger partial charge in [0, 0.05) is 54.8 Å². The van der Waals surface area contributed by atoms with Crippen LogP contribution < -0.4 is 5.73 Å². The van der Waals surface area contributed by atoms with Gasteiger partial charge in [0.15, 0.2) is 0 Å². The third-order valence-electron chi connectivity index (χ3n) is 8.85. The van der Waals surface area contributed by atoms with Crippen LogP contribution in [0.25, 0.3) is 11.1 Å². The fraction of sp³-hybridized carbons (Fsp3) is 0.441. The van der Waals surface area contributed by atoms with Gasteiger partial charge in [0.1, 0.15) is 17.3 Å². The number of hydrogen-bond acceptors (Lipinski definition) is 7. The summed E-state index contributed by atoms with van der Waals surface area (Å²) in [6.07, 6.45) is 2.39. The van der Waals surface area contributed by atoms with Gasteiger partial charge < -0.3 is 25.7 Å². The Balaban J connectivity index is 1.10. The maximum atomic E-state index is 14.6. The summed E-state index contributed by atoms with van der Waals surface area (Å²) >= 11 is 8.07. The van der Waals surface area contributed by atoms with E-state index in [9.17, 15) is 19.4 Å². The van der Waals surface area contributed by atoms with Crippen LogP contribution in [0.2, 0.25) is 5.02 Å². The maximum Gasteiger partial charge on any atom is 0.239 e. The van der Waals surface area contributed by atoms with E-state index in [-0.39, 0.29) is 29.1 Å². The molecule has 3 aromatic carbocycles. The number of amides is 1. The number of phenolic OH excluding ortho intramolecular Hbond substituents is 2. The summed E-state index contributed by atoms with van der Waals surface area (Å²) in [5, 5.41) is 20.5. The molecule has 2 heterocycles. The zero-order valence-electron chi connectivity index (χ0n) is 25.2. The second-order valence-corrected chi connectivity index (χ2v) is 13.5. The van der Waals surface area contributed by atoms with E-state index in [4.69, 9.17) is 17.3 Å². The first kappa shape index (κ1) is 32.6. The van der Waals surface area contributed by atoms with Gasteiger partial charge in [0.05, 0.1) is 6.04 Å². The molecule has 3 aromatic rings. The van der Waals surface area contributed by atoms with Crippen LogP contribution in [-0.2, 0) is 17.8 Å². The number of rotatable bonds is 10. The van der Waals surface area contributed by atoms with E-state index in [2.05, 4.69) is 16.7 Å². The number of benzene rings is 3. The number of piperazine rings is 1. The zero-order chi connectivity index (χ0) is 31.2. The average molecular weight is 641 g/mol. The van der Waals surface area contributed by atoms with E-state index in [0.29, 0.717) is 30.1 Å². The number of carbonyl (C=O) groups excluding carboxylic acids is 1. The molecule has 0 spiro atoms. The highest BCUT2D eigenvalue weighted by Crippen LogP contribution is 2.32. The molecule has 0 aromatic heterocycles. The van der Waals surface area contributed by atoms with Crippen molar-refractivity contribution in [2.75, 3.05) is 51.6 Å². The van der Waals surface area contributed by atoms with E-state index in [1.807, 2.05) is 29.2 Å². The van der Waals surface area contributed by atoms with Gasteiger partial charge in [-0.15, -0.1) is 11.8 Å². The van der Waals surface area contributed by atoms with E-state index in [1.54, 1.807) is 23.9 Å². The first-order valence-corrected chi connectivity index (χ1v) is 16.8. The summed E-state index contributed by atoms with van der Waals surface area (Å²) in [6, 6.07) is 14.5. The van der Waals surface area contributed by atoms with Crippen LogP contribution >= 0.6 is 23.4 Å². The molecule has 2 aliphatic rings. The Bertz CT molecular complexity index is 1440. The number of likely N-dealkylation sites (tertiary alicyclic amines) is 1. The number of aromatic hydroxyl groups is 2. The molecule has 1 atom stereocenters. The molecule has 7 nitrogen and oxygen atoms in total. The van der Waals surface area contributed by atoms with Crippen LogP contribution in [0.4, 0.5) is 4.39 Å². The number of carbonyl (C=O) groups is 1. The van der Waals surface area contributed by atoms with Crippen LogP contribution in [0.5, 0.6) is 11.5 Å². The van der Waals surface area contributed by atoms with Crippen LogP contribution in [0.15, 0.2) is 59.5 Å². The molecule has 10 heteroatoms. The molecule has 44 heavy (non-hydrogen) atoms. The molecule has 0 radical (unpaired) electrons. The molecule has 236 valence electrons. The average Bonchev–Trinajstić information content (AvgIpc) is 3.03. The fourth-order valence-corrected chi connectivity index (χ4v) is 7.31. The van der Waals surface area contributed by atoms with Gasteiger partial charge in [0.25, 0.3) is 0 Å². The van der Waals surface area contributed by atoms with Crippen molar-refractivity contribution in [3.63, 3.8) is 0 Å². The first-order chi connectivity index (χ1) is 21.2. The lowest BCUT2D eigenvalue weighted by molar-refractivity contribution is -0.136. The molecular weight excluding hydrogens is 599 g/mol. The molecule has 1 unspecified atom stereocenters. The highest BCUT2D eigenvalue weighted by atomic mass is 35.5. The molecule has 2 saturated heterocycles. The SMILES string of the molecule is CCSc1ccc(O)cc1CN1CCN(C(=O)C(N)C2CCN(CCc3cc(Cl)ccc3-c3cc(O)ccc3F)CC2)CC1. The third kappa shape index (κ3) is 8.06. The Morgan fingerprint density at radius 2 is 1.64 bits per heavy atom. The molecular formula is C34H42ClFN4O3S. The topological polar surface area (TPSA) is 93.3 Å². The molecule has 5 rings (SSSR count). The van der Waals surface area contributed by atoms with Gasteiger partial charge >= 0.3 is 0 Å². The van der Waals surface area contributed by atoms with Crippen molar-refractivity contribution in [1.29, 1.82) is 0 Å². The third-order valence-corrected chi connectivity index (χ3v) is 10.1. The van der Waals surface area contributed by atoms with Gasteiger partial charge in [-0.25, -0.2) is 4.39 Å². The highest BCUT2D eigenvalue weighted by Gasteiger charge is 2.33. The minimum absolute atomic E-state index is 0.0191. The van der Waals surface area contributed by atoms with Crippen molar-refractivity contribution in [3.05, 3.63) is 76.6 Å². The Kier molecular flexibility index (Phi) is 11.1. The Labute approximate surface area is 268 Å². The quantitative estimate of drug-likeness (QED) is 0.249. The predicted octanol–water partition coefficient (Wildman–Crippen LogP) is 5.60. The van der Waals surface area contributed by atoms with Crippen molar-refractivity contribution >= 4 is 29.3 Å². The van der Waals surface area contributed by atoms with E-state index >= 15 is 0 Å². The van der Waals surface area contributed by atoms with Crippen LogP contribution in [0.3, 0.4) is 0 Å². The van der Waals surface area contributed by atoms with Crippen molar-refractivity contribution in [3.8, 4) is 22.6 Å². The normalized spacial score (nSPS) is 17.6. The molecule has 2 fully saturated rings. The molecule has 2 aliphatic heterocycles. The summed E-state index contributed by atoms with van der Waals surface area (Å²) in [5.41, 5.74) is 9.71. The number of phenols is 2. The molecule has 4 N–H and O–H groups in total. The molecule has 0 aliphatic carbocycles. The Morgan fingerprint density at radius 1 is 0.932 bits per heavy atom. The summed E-state index contributed by atoms with van der Waals surface area (Å²) in [6.45, 7) is 8.21. The Hall–Kier alpha value is -2.82. The van der Waals surface area contributed by atoms with Gasteiger partial charge in [0.2, 0.25) is 5.91 Å². The lowest BCUT2D eigenvalue weighted by Crippen LogP contribution is -2.55. The number of piperidine rings is 1. The number of halogens is 2. The predicted molar refractivity (Wildman–Crippen MR) is 176 cm³/mol. The largest absolute Gasteiger partial charge is 0.508 e. The zero-order valence-corrected chi connectivity index (χ0v) is 26.8. The summed E-state index contributed by atoms with van der Waals surface area (Å²) < 4.78 is 14.6. The summed E-state index contributed by atoms with van der Waals surface area (Å²) in [4.78, 5) is 21.2. The van der Waals surface area contributed by atoms with Crippen molar-refractivity contribution < 1.29 is 19.4 Å². The van der Waals surface area contributed by atoms with E-state index in [1.165, 1.54) is 23.1 Å². The van der Waals surface area contributed by atoms with Crippen molar-refractivity contribution in [2.24, 2.45) is 11.7 Å². The molecule has 0 saturated carbocycles. The van der Waals surface area contributed by atoms with E-state index < -0.39 is 6.04 Å². The smallest absolute Gasteiger partial charge is 0.239 e. The van der Waals surface area contributed by atoms with Crippen LogP contribution in [0.1, 0.15) is 30.9 Å². The number of nitrogens with two attached hydrogens (primary N) is 1. The van der Waals surface area contributed by atoms with Crippen molar-refractivity contribution in [2.45, 2.75) is 43.7 Å². The Morgan fingerprint density at radius 3 is 2.36 bits per heavy atom. The van der Waals surface area contributed by atoms with Gasteiger partial charge in [-0.1, -0.05) is 24.6 Å². The maximum absolute atomic E-state index is 14.6. The van der Waals surface area contributed by atoms with Gasteiger partial charge in [-0.05, 0) is 109 Å². The minimum atomic E-state index is -0.504. The van der Waals surface area contributed by atoms with E-state index in [0.717, 1.165) is 74.6 Å². The fourth-order valence-electron chi connectivity index (χ4n) is 6.33. The molecule has 0 bridgehead atoms. The second kappa shape index (κ2) is 15.0. The van der Waals surface area contributed by atoms with Crippen molar-refractivity contribution in [1.82, 2.24) is 14.7 Å². The second-order valence-electron chi connectivity index (χ2n) is 11.7. The standard InChI is InChI=1S/C34H42ClFN4O3S/c1-2-44-32-8-5-27(41)20-25(32)22-39-15-17-40(18-16-39)34(43)33(37)23-9-12-38(13-10-23)14-11-24-19-26(35)3-6-29(24)30-21-28(42)4-7-31(30)36/h3-8,19-21,23,33,41-42H,2,9-18,22,37H2,1H3. The van der Waals surface area contributed by atoms with Gasteiger partial charge in [-0.2, -0.15) is 0 Å². The highest BCUT2D eigenvalue weighted by molar-refractivity contribution is 7.99. The monoisotopic (exact) mass is 640 g/mol. The number of thioether (sulfide) groups is 1. The van der Waals surface area contributed by atoms with Gasteiger partial charge in [-0.3, -0.25) is 9.69 Å². The van der Waals surface area contributed by atoms with Crippen LogP contribution in [0, 0.1) is 11.7 Å². The summed E-state index contributed by atoms with van der Waals surface area (Å²) in [5.74, 6) is 1.07. The number of hydrogen-bond donors (Lipinski definition) is 3. The molecule has 1 amide bonds.